The summed E-state index contributed by atoms with van der Waals surface area (Å²) in [6.45, 7) is 8.46. The molecule has 0 unspecified atom stereocenters. The molecule has 4 rings (SSSR count). The van der Waals surface area contributed by atoms with Gasteiger partial charge in [-0.1, -0.05) is 41.4 Å². The molecule has 144 valence electrons. The zero-order valence-electron chi connectivity index (χ0n) is 16.1. The molecule has 0 aliphatic carbocycles. The van der Waals surface area contributed by atoms with Crippen LogP contribution in [0, 0.1) is 13.8 Å². The fourth-order valence-corrected chi connectivity index (χ4v) is 4.57. The van der Waals surface area contributed by atoms with Crippen LogP contribution in [-0.2, 0) is 6.54 Å². The van der Waals surface area contributed by atoms with Gasteiger partial charge in [0.2, 0.25) is 0 Å². The molecule has 1 amide bonds. The highest BCUT2D eigenvalue weighted by Crippen LogP contribution is 2.26. The molecule has 0 bridgehead atoms. The van der Waals surface area contributed by atoms with Gasteiger partial charge in [-0.2, -0.15) is 5.10 Å². The SMILES string of the molecule is Cc1ccc(Cn2nc(C)c(C(=O)N3CC[C@@H](N4CCCC4)C3)c2Cl)cc1. The fourth-order valence-electron chi connectivity index (χ4n) is 4.26. The van der Waals surface area contributed by atoms with Crippen molar-refractivity contribution in [2.75, 3.05) is 26.2 Å². The maximum Gasteiger partial charge on any atom is 0.258 e. The van der Waals surface area contributed by atoms with E-state index < -0.39 is 0 Å². The Morgan fingerprint density at radius 2 is 1.85 bits per heavy atom. The van der Waals surface area contributed by atoms with E-state index in [4.69, 9.17) is 11.6 Å². The quantitative estimate of drug-likeness (QED) is 0.807. The molecular formula is C21H27ClN4O. The number of hydrogen-bond donors (Lipinski definition) is 0. The van der Waals surface area contributed by atoms with Crippen LogP contribution < -0.4 is 0 Å². The van der Waals surface area contributed by atoms with Crippen molar-refractivity contribution in [1.82, 2.24) is 19.6 Å². The zero-order valence-corrected chi connectivity index (χ0v) is 16.9. The lowest BCUT2D eigenvalue weighted by atomic mass is 10.1. The Morgan fingerprint density at radius 3 is 2.56 bits per heavy atom. The number of amides is 1. The van der Waals surface area contributed by atoms with Crippen LogP contribution >= 0.6 is 11.6 Å². The third-order valence-electron chi connectivity index (χ3n) is 5.84. The minimum Gasteiger partial charge on any atom is -0.337 e. The van der Waals surface area contributed by atoms with Crippen LogP contribution in [0.3, 0.4) is 0 Å². The summed E-state index contributed by atoms with van der Waals surface area (Å²) >= 11 is 6.59. The number of carbonyl (C=O) groups is 1. The van der Waals surface area contributed by atoms with Gasteiger partial charge in [0.15, 0.2) is 0 Å². The molecule has 2 fully saturated rings. The Morgan fingerprint density at radius 1 is 1.15 bits per heavy atom. The van der Waals surface area contributed by atoms with Crippen molar-refractivity contribution in [2.24, 2.45) is 0 Å². The number of carbonyl (C=O) groups excluding carboxylic acids is 1. The number of nitrogens with zero attached hydrogens (tertiary/aromatic N) is 4. The lowest BCUT2D eigenvalue weighted by molar-refractivity contribution is 0.0779. The maximum absolute atomic E-state index is 13.1. The van der Waals surface area contributed by atoms with E-state index in [1.165, 1.54) is 31.5 Å². The summed E-state index contributed by atoms with van der Waals surface area (Å²) < 4.78 is 1.74. The molecule has 3 heterocycles. The second kappa shape index (κ2) is 7.64. The van der Waals surface area contributed by atoms with Crippen LogP contribution in [0.15, 0.2) is 24.3 Å². The van der Waals surface area contributed by atoms with Gasteiger partial charge in [0, 0.05) is 19.1 Å². The van der Waals surface area contributed by atoms with Crippen LogP contribution in [0.4, 0.5) is 0 Å². The van der Waals surface area contributed by atoms with E-state index >= 15 is 0 Å². The first kappa shape index (κ1) is 18.5. The summed E-state index contributed by atoms with van der Waals surface area (Å²) in [5, 5.41) is 4.99. The van der Waals surface area contributed by atoms with Crippen molar-refractivity contribution in [1.29, 1.82) is 0 Å². The first-order chi connectivity index (χ1) is 13.0. The van der Waals surface area contributed by atoms with E-state index in [2.05, 4.69) is 41.2 Å². The first-order valence-corrected chi connectivity index (χ1v) is 10.2. The molecule has 6 heteroatoms. The first-order valence-electron chi connectivity index (χ1n) is 9.84. The predicted molar refractivity (Wildman–Crippen MR) is 107 cm³/mol. The molecule has 1 aromatic heterocycles. The number of halogens is 1. The van der Waals surface area contributed by atoms with Gasteiger partial charge in [-0.05, 0) is 51.8 Å². The number of rotatable bonds is 4. The van der Waals surface area contributed by atoms with Crippen LogP contribution in [0.1, 0.15) is 46.4 Å². The molecule has 0 saturated carbocycles. The van der Waals surface area contributed by atoms with E-state index in [1.807, 2.05) is 11.8 Å². The van der Waals surface area contributed by atoms with Gasteiger partial charge in [0.1, 0.15) is 5.15 Å². The normalized spacial score (nSPS) is 20.6. The number of aryl methyl sites for hydroxylation is 2. The second-order valence-corrected chi connectivity index (χ2v) is 8.19. The van der Waals surface area contributed by atoms with Gasteiger partial charge >= 0.3 is 0 Å². The summed E-state index contributed by atoms with van der Waals surface area (Å²) in [7, 11) is 0. The lowest BCUT2D eigenvalue weighted by Gasteiger charge is -2.23. The Bertz CT molecular complexity index is 823. The highest BCUT2D eigenvalue weighted by Gasteiger charge is 2.34. The molecule has 0 N–H and O–H groups in total. The predicted octanol–water partition coefficient (Wildman–Crippen LogP) is 3.51. The molecule has 1 atom stereocenters. The Hall–Kier alpha value is -1.85. The molecular weight excluding hydrogens is 360 g/mol. The topological polar surface area (TPSA) is 41.4 Å². The van der Waals surface area contributed by atoms with Gasteiger partial charge in [0.05, 0.1) is 17.8 Å². The van der Waals surface area contributed by atoms with Gasteiger partial charge in [0.25, 0.3) is 5.91 Å². The molecule has 27 heavy (non-hydrogen) atoms. The molecule has 0 radical (unpaired) electrons. The monoisotopic (exact) mass is 386 g/mol. The van der Waals surface area contributed by atoms with Crippen LogP contribution in [0.2, 0.25) is 5.15 Å². The molecule has 1 aromatic carbocycles. The summed E-state index contributed by atoms with van der Waals surface area (Å²) in [6, 6.07) is 8.80. The van der Waals surface area contributed by atoms with E-state index in [1.54, 1.807) is 4.68 Å². The third kappa shape index (κ3) is 3.76. The van der Waals surface area contributed by atoms with Crippen molar-refractivity contribution in [3.05, 3.63) is 51.8 Å². The largest absolute Gasteiger partial charge is 0.337 e. The van der Waals surface area contributed by atoms with Crippen molar-refractivity contribution < 1.29 is 4.79 Å². The summed E-state index contributed by atoms with van der Waals surface area (Å²) in [5.41, 5.74) is 3.62. The van der Waals surface area contributed by atoms with Crippen molar-refractivity contribution in [3.8, 4) is 0 Å². The van der Waals surface area contributed by atoms with Crippen LogP contribution in [0.5, 0.6) is 0 Å². The number of aromatic nitrogens is 2. The highest BCUT2D eigenvalue weighted by atomic mass is 35.5. The minimum absolute atomic E-state index is 0.0225. The van der Waals surface area contributed by atoms with E-state index in [0.717, 1.165) is 25.1 Å². The van der Waals surface area contributed by atoms with Crippen molar-refractivity contribution in [2.45, 2.75) is 45.7 Å². The van der Waals surface area contributed by atoms with E-state index in [9.17, 15) is 4.79 Å². The van der Waals surface area contributed by atoms with E-state index in [-0.39, 0.29) is 5.91 Å². The Kier molecular flexibility index (Phi) is 5.24. The zero-order chi connectivity index (χ0) is 19.0. The van der Waals surface area contributed by atoms with Gasteiger partial charge in [-0.25, -0.2) is 4.68 Å². The van der Waals surface area contributed by atoms with Crippen LogP contribution in [0.25, 0.3) is 0 Å². The molecule has 2 saturated heterocycles. The van der Waals surface area contributed by atoms with Gasteiger partial charge < -0.3 is 4.90 Å². The minimum atomic E-state index is 0.0225. The van der Waals surface area contributed by atoms with E-state index in [0.29, 0.717) is 29.0 Å². The number of hydrogen-bond acceptors (Lipinski definition) is 3. The molecule has 2 aliphatic rings. The third-order valence-corrected chi connectivity index (χ3v) is 6.22. The van der Waals surface area contributed by atoms with Gasteiger partial charge in [-0.3, -0.25) is 9.69 Å². The summed E-state index contributed by atoms with van der Waals surface area (Å²) in [5.74, 6) is 0.0225. The average molecular weight is 387 g/mol. The van der Waals surface area contributed by atoms with Crippen LogP contribution in [-0.4, -0.2) is 57.7 Å². The highest BCUT2D eigenvalue weighted by molar-refractivity contribution is 6.33. The average Bonchev–Trinajstić information content (AvgIpc) is 3.38. The van der Waals surface area contributed by atoms with Crippen molar-refractivity contribution >= 4 is 17.5 Å². The molecule has 2 aliphatic heterocycles. The Balaban J connectivity index is 1.49. The maximum atomic E-state index is 13.1. The summed E-state index contributed by atoms with van der Waals surface area (Å²) in [6.07, 6.45) is 3.61. The van der Waals surface area contributed by atoms with Gasteiger partial charge in [-0.15, -0.1) is 0 Å². The second-order valence-electron chi connectivity index (χ2n) is 7.83. The Labute approximate surface area is 165 Å². The number of likely N-dealkylation sites (tertiary alicyclic amines) is 2. The van der Waals surface area contributed by atoms with Crippen molar-refractivity contribution in [3.63, 3.8) is 0 Å². The standard InChI is InChI=1S/C21H27ClN4O/c1-15-5-7-17(8-6-15)13-26-20(22)19(16(2)23-26)21(27)25-12-9-18(14-25)24-10-3-4-11-24/h5-8,18H,3-4,9-14H2,1-2H3/t18-/m1/s1. The molecule has 0 spiro atoms. The number of benzene rings is 1. The fraction of sp³-hybridized carbons (Fsp3) is 0.524. The lowest BCUT2D eigenvalue weighted by Crippen LogP contribution is -2.37. The molecule has 5 nitrogen and oxygen atoms in total. The smallest absolute Gasteiger partial charge is 0.258 e. The summed E-state index contributed by atoms with van der Waals surface area (Å²) in [4.78, 5) is 17.6. The molecule has 2 aromatic rings.